The third kappa shape index (κ3) is 6.95. The Kier molecular flexibility index (Phi) is 9.71. The first-order valence-corrected chi connectivity index (χ1v) is 19.4. The zero-order chi connectivity index (χ0) is 26.1. The fraction of sp³-hybridized carbons (Fsp3) is 0.963. The van der Waals surface area contributed by atoms with E-state index in [1.165, 1.54) is 12.8 Å². The molecule has 0 amide bonds. The van der Waals surface area contributed by atoms with E-state index in [9.17, 15) is 4.79 Å². The van der Waals surface area contributed by atoms with Gasteiger partial charge in [0.15, 0.2) is 16.6 Å². The maximum Gasteiger partial charge on any atom is 0.341 e. The molecule has 0 bridgehead atoms. The minimum absolute atomic E-state index is 0.00253. The van der Waals surface area contributed by atoms with Gasteiger partial charge in [0, 0.05) is 18.4 Å². The van der Waals surface area contributed by atoms with E-state index in [1.807, 2.05) is 0 Å². The van der Waals surface area contributed by atoms with Crippen LogP contribution in [0.5, 0.6) is 0 Å². The van der Waals surface area contributed by atoms with Crippen LogP contribution in [0.3, 0.4) is 0 Å². The second kappa shape index (κ2) is 11.0. The van der Waals surface area contributed by atoms with Crippen LogP contribution in [0.15, 0.2) is 0 Å². The Morgan fingerprint density at radius 1 is 1.00 bits per heavy atom. The van der Waals surface area contributed by atoms with Crippen LogP contribution in [-0.2, 0) is 18.4 Å². The molecular formula is C27H53FO4Si2. The monoisotopic (exact) mass is 516 g/mol. The Morgan fingerprint density at radius 2 is 1.59 bits per heavy atom. The van der Waals surface area contributed by atoms with Gasteiger partial charge < -0.3 is 13.6 Å². The van der Waals surface area contributed by atoms with Crippen LogP contribution in [0.25, 0.3) is 0 Å². The van der Waals surface area contributed by atoms with Gasteiger partial charge in [0.05, 0.1) is 6.10 Å². The molecule has 7 heteroatoms. The molecule has 34 heavy (non-hydrogen) atoms. The predicted molar refractivity (Wildman–Crippen MR) is 144 cm³/mol. The Bertz CT molecular complexity index is 683. The van der Waals surface area contributed by atoms with Gasteiger partial charge in [-0.25, -0.2) is 9.18 Å². The first-order valence-electron chi connectivity index (χ1n) is 13.6. The number of fused-ring (bicyclic) bond motifs is 1. The molecule has 1 saturated carbocycles. The van der Waals surface area contributed by atoms with Crippen LogP contribution >= 0.6 is 0 Å². The summed E-state index contributed by atoms with van der Waals surface area (Å²) < 4.78 is 34.2. The average Bonchev–Trinajstić information content (AvgIpc) is 3.12. The summed E-state index contributed by atoms with van der Waals surface area (Å²) in [5.74, 6) is -1.06. The van der Waals surface area contributed by atoms with Crippen molar-refractivity contribution in [3.63, 3.8) is 0 Å². The van der Waals surface area contributed by atoms with Gasteiger partial charge in [0.2, 0.25) is 6.17 Å². The predicted octanol–water partition coefficient (Wildman–Crippen LogP) is 8.03. The van der Waals surface area contributed by atoms with Crippen LogP contribution < -0.4 is 0 Å². The summed E-state index contributed by atoms with van der Waals surface area (Å²) in [7, 11) is -3.94. The van der Waals surface area contributed by atoms with E-state index in [0.29, 0.717) is 6.42 Å². The van der Waals surface area contributed by atoms with Crippen LogP contribution in [0.2, 0.25) is 36.3 Å². The molecule has 1 saturated heterocycles. The molecule has 1 aliphatic carbocycles. The summed E-state index contributed by atoms with van der Waals surface area (Å²) in [4.78, 5) is 12.0. The normalized spacial score (nSPS) is 29.3. The van der Waals surface area contributed by atoms with E-state index in [0.717, 1.165) is 25.7 Å². The van der Waals surface area contributed by atoms with Gasteiger partial charge in [-0.3, -0.25) is 0 Å². The molecule has 0 aromatic carbocycles. The van der Waals surface area contributed by atoms with Gasteiger partial charge in [0.25, 0.3) is 0 Å². The fourth-order valence-corrected chi connectivity index (χ4v) is 7.72. The Labute approximate surface area is 211 Å². The van der Waals surface area contributed by atoms with Gasteiger partial charge in [-0.2, -0.15) is 0 Å². The van der Waals surface area contributed by atoms with Crippen molar-refractivity contribution < 1.29 is 22.8 Å². The van der Waals surface area contributed by atoms with Gasteiger partial charge >= 0.3 is 5.97 Å². The first-order chi connectivity index (χ1) is 15.4. The van der Waals surface area contributed by atoms with E-state index in [-0.39, 0.29) is 40.2 Å². The first kappa shape index (κ1) is 30.0. The molecule has 0 aromatic rings. The molecule has 1 aliphatic heterocycles. The van der Waals surface area contributed by atoms with Gasteiger partial charge in [-0.1, -0.05) is 67.7 Å². The number of ether oxygens (including phenoxy) is 1. The average molecular weight is 517 g/mol. The molecule has 2 fully saturated rings. The van der Waals surface area contributed by atoms with Crippen LogP contribution in [0.1, 0.15) is 93.4 Å². The number of alkyl halides is 1. The standard InChI is InChI=1S/C27H53FO4Si2/c1-12-13-14-15-19(31-33(8,9)26(2,3)4)16-17-20-21(32-34(10,11)27(5,6)7)18-22-23(20)24(28)25(29)30-22/h19-24H,12-18H2,1-11H3/t19?,20-,21+,22-,23+,24-/m1/s1. The smallest absolute Gasteiger partial charge is 0.341 e. The van der Waals surface area contributed by atoms with Crippen molar-refractivity contribution in [3.8, 4) is 0 Å². The minimum atomic E-state index is -2.03. The van der Waals surface area contributed by atoms with Crippen molar-refractivity contribution in [1.29, 1.82) is 0 Å². The van der Waals surface area contributed by atoms with Gasteiger partial charge in [-0.15, -0.1) is 0 Å². The number of rotatable bonds is 11. The highest BCUT2D eigenvalue weighted by Gasteiger charge is 2.58. The molecular weight excluding hydrogens is 463 g/mol. The number of unbranched alkanes of at least 4 members (excludes halogenated alkanes) is 2. The number of carbonyl (C=O) groups is 1. The summed E-state index contributed by atoms with van der Waals surface area (Å²) in [5, 5.41) is 0.230. The lowest BCUT2D eigenvalue weighted by atomic mass is 9.86. The van der Waals surface area contributed by atoms with E-state index >= 15 is 4.39 Å². The van der Waals surface area contributed by atoms with Crippen molar-refractivity contribution in [2.45, 2.75) is 154 Å². The molecule has 0 N–H and O–H groups in total. The molecule has 1 heterocycles. The molecule has 6 atom stereocenters. The lowest BCUT2D eigenvalue weighted by Gasteiger charge is -2.41. The number of hydrogen-bond acceptors (Lipinski definition) is 4. The minimum Gasteiger partial charge on any atom is -0.460 e. The second-order valence-corrected chi connectivity index (χ2v) is 23.4. The zero-order valence-electron chi connectivity index (χ0n) is 23.9. The Morgan fingerprint density at radius 3 is 2.12 bits per heavy atom. The van der Waals surface area contributed by atoms with Gasteiger partial charge in [0.1, 0.15) is 6.10 Å². The van der Waals surface area contributed by atoms with Crippen LogP contribution in [-0.4, -0.2) is 47.1 Å². The Balaban J connectivity index is 2.21. The van der Waals surface area contributed by atoms with E-state index < -0.39 is 28.8 Å². The summed E-state index contributed by atoms with van der Waals surface area (Å²) in [6.45, 7) is 24.9. The zero-order valence-corrected chi connectivity index (χ0v) is 25.9. The van der Waals surface area contributed by atoms with Crippen molar-refractivity contribution >= 4 is 22.6 Å². The second-order valence-electron chi connectivity index (χ2n) is 13.8. The van der Waals surface area contributed by atoms with Crippen molar-refractivity contribution in [3.05, 3.63) is 0 Å². The highest BCUT2D eigenvalue weighted by atomic mass is 28.4. The largest absolute Gasteiger partial charge is 0.460 e. The number of hydrogen-bond donors (Lipinski definition) is 0. The Hall–Kier alpha value is -0.246. The van der Waals surface area contributed by atoms with E-state index in [2.05, 4.69) is 74.7 Å². The molecule has 0 aromatic heterocycles. The number of carbonyl (C=O) groups excluding carboxylic acids is 1. The molecule has 200 valence electrons. The lowest BCUT2D eigenvalue weighted by molar-refractivity contribution is -0.145. The fourth-order valence-electron chi connectivity index (χ4n) is 4.91. The topological polar surface area (TPSA) is 44.8 Å². The van der Waals surface area contributed by atoms with E-state index in [4.69, 9.17) is 13.6 Å². The summed E-state index contributed by atoms with van der Waals surface area (Å²) in [5.41, 5.74) is 0. The third-order valence-corrected chi connectivity index (χ3v) is 18.2. The third-order valence-electron chi connectivity index (χ3n) is 9.17. The van der Waals surface area contributed by atoms with Crippen LogP contribution in [0, 0.1) is 11.8 Å². The summed E-state index contributed by atoms with van der Waals surface area (Å²) >= 11 is 0. The highest BCUT2D eigenvalue weighted by Crippen LogP contribution is 2.49. The highest BCUT2D eigenvalue weighted by molar-refractivity contribution is 6.74. The SMILES string of the molecule is CCCCCC(CC[C@H]1[C@H]2[C@@H](C[C@@H]1O[Si](C)(C)C(C)(C)C)OC(=O)[C@@H]2F)O[Si](C)(C)C(C)(C)C. The molecule has 4 nitrogen and oxygen atoms in total. The maximum absolute atomic E-state index is 15.0. The van der Waals surface area contributed by atoms with Gasteiger partial charge in [-0.05, 0) is 61.4 Å². The maximum atomic E-state index is 15.0. The van der Waals surface area contributed by atoms with Crippen LogP contribution in [0.4, 0.5) is 4.39 Å². The van der Waals surface area contributed by atoms with Crippen molar-refractivity contribution in [2.75, 3.05) is 0 Å². The number of halogens is 1. The van der Waals surface area contributed by atoms with Crippen molar-refractivity contribution in [1.82, 2.24) is 0 Å². The number of esters is 1. The molecule has 2 aliphatic rings. The molecule has 2 rings (SSSR count). The molecule has 1 unspecified atom stereocenters. The molecule has 0 radical (unpaired) electrons. The summed E-state index contributed by atoms with van der Waals surface area (Å²) in [6.07, 6.45) is 5.19. The van der Waals surface area contributed by atoms with Crippen molar-refractivity contribution in [2.24, 2.45) is 11.8 Å². The molecule has 0 spiro atoms. The quantitative estimate of drug-likeness (QED) is 0.158. The summed E-state index contributed by atoms with van der Waals surface area (Å²) in [6, 6.07) is 0. The lowest BCUT2D eigenvalue weighted by Crippen LogP contribution is -2.46. The van der Waals surface area contributed by atoms with E-state index in [1.54, 1.807) is 0 Å².